The van der Waals surface area contributed by atoms with Gasteiger partial charge < -0.3 is 15.4 Å². The number of nitro benzene ring substituents is 1. The molecule has 8 heteroatoms. The highest BCUT2D eigenvalue weighted by molar-refractivity contribution is 5.98. The van der Waals surface area contributed by atoms with Gasteiger partial charge in [-0.05, 0) is 24.5 Å². The van der Waals surface area contributed by atoms with E-state index in [2.05, 4.69) is 10.6 Å². The molecule has 0 saturated carbocycles. The van der Waals surface area contributed by atoms with Gasteiger partial charge in [0.05, 0.1) is 12.0 Å². The maximum Gasteiger partial charge on any atom is 0.311 e. The van der Waals surface area contributed by atoms with E-state index in [1.807, 2.05) is 13.8 Å². The summed E-state index contributed by atoms with van der Waals surface area (Å²) in [6, 6.07) is 3.19. The molecule has 1 aromatic rings. The number of hydrogen-bond acceptors (Lipinski definition) is 5. The van der Waals surface area contributed by atoms with Gasteiger partial charge in [0.2, 0.25) is 5.91 Å². The molecule has 0 aliphatic heterocycles. The first kappa shape index (κ1) is 18.4. The van der Waals surface area contributed by atoms with Crippen molar-refractivity contribution in [1.29, 1.82) is 0 Å². The molecule has 126 valence electrons. The summed E-state index contributed by atoms with van der Waals surface area (Å²) >= 11 is 0. The van der Waals surface area contributed by atoms with Gasteiger partial charge in [0.1, 0.15) is 6.04 Å². The van der Waals surface area contributed by atoms with Gasteiger partial charge in [0.25, 0.3) is 5.91 Å². The lowest BCUT2D eigenvalue weighted by Crippen LogP contribution is -2.46. The standard InChI is InChI=1S/C15H21N3O5/c1-9(2)7-11(15(20)16-3)17-14(19)10-5-6-13(23-4)12(8-10)18(21)22/h5-6,8-9,11H,7H2,1-4H3,(H,16,20)(H,17,19)/t11-/m0/s1. The van der Waals surface area contributed by atoms with Crippen LogP contribution in [0.25, 0.3) is 0 Å². The zero-order valence-corrected chi connectivity index (χ0v) is 13.6. The van der Waals surface area contributed by atoms with E-state index in [1.54, 1.807) is 0 Å². The van der Waals surface area contributed by atoms with Crippen LogP contribution in [0, 0.1) is 16.0 Å². The quantitative estimate of drug-likeness (QED) is 0.583. The van der Waals surface area contributed by atoms with Crippen molar-refractivity contribution in [3.05, 3.63) is 33.9 Å². The van der Waals surface area contributed by atoms with Gasteiger partial charge in [-0.25, -0.2) is 0 Å². The molecule has 1 atom stereocenters. The van der Waals surface area contributed by atoms with Crippen molar-refractivity contribution in [3.8, 4) is 5.75 Å². The number of rotatable bonds is 7. The molecule has 2 N–H and O–H groups in total. The van der Waals surface area contributed by atoms with Crippen LogP contribution in [0.15, 0.2) is 18.2 Å². The Morgan fingerprint density at radius 3 is 2.48 bits per heavy atom. The number of amides is 2. The van der Waals surface area contributed by atoms with Crippen molar-refractivity contribution in [3.63, 3.8) is 0 Å². The summed E-state index contributed by atoms with van der Waals surface area (Å²) in [7, 11) is 2.80. The molecule has 0 saturated heterocycles. The number of methoxy groups -OCH3 is 1. The smallest absolute Gasteiger partial charge is 0.311 e. The summed E-state index contributed by atoms with van der Waals surface area (Å²) < 4.78 is 4.89. The van der Waals surface area contributed by atoms with Crippen LogP contribution in [-0.2, 0) is 4.79 Å². The molecule has 0 spiro atoms. The number of carbonyl (C=O) groups is 2. The molecule has 0 unspecified atom stereocenters. The minimum absolute atomic E-state index is 0.0663. The Morgan fingerprint density at radius 1 is 1.35 bits per heavy atom. The molecule has 0 aromatic heterocycles. The predicted molar refractivity (Wildman–Crippen MR) is 84.4 cm³/mol. The van der Waals surface area contributed by atoms with Crippen molar-refractivity contribution in [2.24, 2.45) is 5.92 Å². The van der Waals surface area contributed by atoms with E-state index in [9.17, 15) is 19.7 Å². The number of carbonyl (C=O) groups excluding carboxylic acids is 2. The lowest BCUT2D eigenvalue weighted by Gasteiger charge is -2.19. The number of nitro groups is 1. The summed E-state index contributed by atoms with van der Waals surface area (Å²) in [5.41, 5.74) is -0.212. The van der Waals surface area contributed by atoms with Crippen LogP contribution in [0.4, 0.5) is 5.69 Å². The Morgan fingerprint density at radius 2 is 2.00 bits per heavy atom. The molecular formula is C15H21N3O5. The second-order valence-electron chi connectivity index (χ2n) is 5.41. The number of ether oxygens (including phenoxy) is 1. The van der Waals surface area contributed by atoms with E-state index < -0.39 is 16.9 Å². The first-order chi connectivity index (χ1) is 10.8. The summed E-state index contributed by atoms with van der Waals surface area (Å²) in [6.45, 7) is 3.86. The largest absolute Gasteiger partial charge is 0.490 e. The SMILES string of the molecule is CNC(=O)[C@H](CC(C)C)NC(=O)c1ccc(OC)c([N+](=O)[O-])c1. The Balaban J connectivity index is 3.01. The second kappa shape index (κ2) is 8.11. The zero-order chi connectivity index (χ0) is 17.6. The Hall–Kier alpha value is -2.64. The van der Waals surface area contributed by atoms with Gasteiger partial charge in [-0.15, -0.1) is 0 Å². The molecule has 0 bridgehead atoms. The molecular weight excluding hydrogens is 302 g/mol. The van der Waals surface area contributed by atoms with Gasteiger partial charge in [0.15, 0.2) is 5.75 Å². The molecule has 0 aliphatic carbocycles. The summed E-state index contributed by atoms with van der Waals surface area (Å²) in [6.07, 6.45) is 0.462. The predicted octanol–water partition coefficient (Wildman–Crippen LogP) is 1.49. The third kappa shape index (κ3) is 4.94. The number of hydrogen-bond donors (Lipinski definition) is 2. The van der Waals surface area contributed by atoms with Crippen molar-refractivity contribution >= 4 is 17.5 Å². The fourth-order valence-corrected chi connectivity index (χ4v) is 2.09. The highest BCUT2D eigenvalue weighted by Gasteiger charge is 2.23. The number of nitrogens with zero attached hydrogens (tertiary/aromatic N) is 1. The lowest BCUT2D eigenvalue weighted by atomic mass is 10.0. The monoisotopic (exact) mass is 323 g/mol. The fourth-order valence-electron chi connectivity index (χ4n) is 2.09. The fraction of sp³-hybridized carbons (Fsp3) is 0.467. The molecule has 0 radical (unpaired) electrons. The Bertz CT molecular complexity index is 601. The summed E-state index contributed by atoms with van der Waals surface area (Å²) in [4.78, 5) is 34.5. The highest BCUT2D eigenvalue weighted by atomic mass is 16.6. The molecule has 23 heavy (non-hydrogen) atoms. The minimum atomic E-state index is -0.700. The van der Waals surface area contributed by atoms with Crippen LogP contribution >= 0.6 is 0 Å². The van der Waals surface area contributed by atoms with Crippen molar-refractivity contribution in [2.75, 3.05) is 14.2 Å². The molecule has 0 heterocycles. The van der Waals surface area contributed by atoms with Crippen LogP contribution in [-0.4, -0.2) is 36.9 Å². The van der Waals surface area contributed by atoms with Gasteiger partial charge in [0, 0.05) is 18.7 Å². The average molecular weight is 323 g/mol. The lowest BCUT2D eigenvalue weighted by molar-refractivity contribution is -0.385. The molecule has 0 fully saturated rings. The third-order valence-corrected chi connectivity index (χ3v) is 3.21. The Kier molecular flexibility index (Phi) is 6.49. The second-order valence-corrected chi connectivity index (χ2v) is 5.41. The van der Waals surface area contributed by atoms with Crippen LogP contribution < -0.4 is 15.4 Å². The molecule has 1 rings (SSSR count). The molecule has 2 amide bonds. The van der Waals surface area contributed by atoms with Gasteiger partial charge in [-0.3, -0.25) is 19.7 Å². The van der Waals surface area contributed by atoms with Crippen molar-refractivity contribution < 1.29 is 19.2 Å². The molecule has 1 aromatic carbocycles. The normalized spacial score (nSPS) is 11.7. The van der Waals surface area contributed by atoms with E-state index >= 15 is 0 Å². The summed E-state index contributed by atoms with van der Waals surface area (Å²) in [5.74, 6) is -0.598. The van der Waals surface area contributed by atoms with E-state index in [0.29, 0.717) is 6.42 Å². The van der Waals surface area contributed by atoms with Gasteiger partial charge in [-0.1, -0.05) is 13.8 Å². The van der Waals surface area contributed by atoms with E-state index in [1.165, 1.54) is 26.3 Å². The van der Waals surface area contributed by atoms with Crippen LogP contribution in [0.3, 0.4) is 0 Å². The molecule has 0 aliphatic rings. The minimum Gasteiger partial charge on any atom is -0.490 e. The Labute approximate surface area is 134 Å². The summed E-state index contributed by atoms with van der Waals surface area (Å²) in [5, 5.41) is 16.1. The number of nitrogens with one attached hydrogen (secondary N) is 2. The first-order valence-electron chi connectivity index (χ1n) is 7.15. The van der Waals surface area contributed by atoms with E-state index in [0.717, 1.165) is 6.07 Å². The average Bonchev–Trinajstić information content (AvgIpc) is 2.52. The maximum absolute atomic E-state index is 12.3. The van der Waals surface area contributed by atoms with Crippen molar-refractivity contribution in [2.45, 2.75) is 26.3 Å². The van der Waals surface area contributed by atoms with Gasteiger partial charge >= 0.3 is 5.69 Å². The third-order valence-electron chi connectivity index (χ3n) is 3.21. The topological polar surface area (TPSA) is 111 Å². The van der Waals surface area contributed by atoms with Crippen molar-refractivity contribution in [1.82, 2.24) is 10.6 Å². The zero-order valence-electron chi connectivity index (χ0n) is 13.6. The van der Waals surface area contributed by atoms with Crippen LogP contribution in [0.1, 0.15) is 30.6 Å². The van der Waals surface area contributed by atoms with Gasteiger partial charge in [-0.2, -0.15) is 0 Å². The van der Waals surface area contributed by atoms with Crippen LogP contribution in [0.2, 0.25) is 0 Å². The van der Waals surface area contributed by atoms with Crippen LogP contribution in [0.5, 0.6) is 5.75 Å². The maximum atomic E-state index is 12.3. The molecule has 8 nitrogen and oxygen atoms in total. The van der Waals surface area contributed by atoms with E-state index in [-0.39, 0.29) is 28.8 Å². The van der Waals surface area contributed by atoms with E-state index in [4.69, 9.17) is 4.74 Å². The highest BCUT2D eigenvalue weighted by Crippen LogP contribution is 2.27. The first-order valence-corrected chi connectivity index (χ1v) is 7.15. The number of benzene rings is 1. The number of likely N-dealkylation sites (N-methyl/N-ethyl adjacent to an activating group) is 1.